The highest BCUT2D eigenvalue weighted by molar-refractivity contribution is 5.46. The molecular formula is C17H26N4O2. The van der Waals surface area contributed by atoms with Crippen LogP contribution in [0.2, 0.25) is 0 Å². The van der Waals surface area contributed by atoms with Crippen molar-refractivity contribution < 1.29 is 9.47 Å². The predicted octanol–water partition coefficient (Wildman–Crippen LogP) is 0.816. The van der Waals surface area contributed by atoms with Gasteiger partial charge in [-0.1, -0.05) is 0 Å². The molecule has 4 rings (SSSR count). The van der Waals surface area contributed by atoms with E-state index in [1.54, 1.807) is 6.33 Å². The highest BCUT2D eigenvalue weighted by atomic mass is 16.5. The number of rotatable bonds is 3. The van der Waals surface area contributed by atoms with Crippen LogP contribution in [0.25, 0.3) is 0 Å². The van der Waals surface area contributed by atoms with Crippen molar-refractivity contribution >= 4 is 5.82 Å². The third-order valence-electron chi connectivity index (χ3n) is 5.32. The second kappa shape index (κ2) is 6.71. The van der Waals surface area contributed by atoms with Crippen molar-refractivity contribution in [3.63, 3.8) is 0 Å². The first-order chi connectivity index (χ1) is 11.3. The van der Waals surface area contributed by atoms with E-state index in [-0.39, 0.29) is 0 Å². The highest BCUT2D eigenvalue weighted by Gasteiger charge is 2.41. The van der Waals surface area contributed by atoms with Crippen LogP contribution in [-0.2, 0) is 9.47 Å². The number of hydrogen-bond donors (Lipinski definition) is 0. The first-order valence-electron chi connectivity index (χ1n) is 8.69. The summed E-state index contributed by atoms with van der Waals surface area (Å²) in [5.74, 6) is 3.16. The van der Waals surface area contributed by atoms with Gasteiger partial charge in [0.05, 0.1) is 26.4 Å². The Morgan fingerprint density at radius 1 is 1.09 bits per heavy atom. The van der Waals surface area contributed by atoms with E-state index in [2.05, 4.69) is 26.7 Å². The number of anilines is 1. The SMILES string of the molecule is Cc1cncnc1N1CC2CN(CC3COCCOC3)CC2C1. The zero-order valence-corrected chi connectivity index (χ0v) is 13.9. The number of fused-ring (bicyclic) bond motifs is 1. The first-order valence-corrected chi connectivity index (χ1v) is 8.69. The van der Waals surface area contributed by atoms with Crippen LogP contribution >= 0.6 is 0 Å². The number of hydrogen-bond acceptors (Lipinski definition) is 6. The number of likely N-dealkylation sites (tertiary alicyclic amines) is 1. The zero-order chi connectivity index (χ0) is 15.6. The molecule has 1 aromatic heterocycles. The van der Waals surface area contributed by atoms with Gasteiger partial charge in [-0.25, -0.2) is 9.97 Å². The average molecular weight is 318 g/mol. The monoisotopic (exact) mass is 318 g/mol. The van der Waals surface area contributed by atoms with Crippen LogP contribution in [-0.4, -0.2) is 74.0 Å². The molecule has 23 heavy (non-hydrogen) atoms. The van der Waals surface area contributed by atoms with Gasteiger partial charge in [0.2, 0.25) is 0 Å². The molecule has 0 radical (unpaired) electrons. The van der Waals surface area contributed by atoms with Crippen molar-refractivity contribution in [2.45, 2.75) is 6.92 Å². The lowest BCUT2D eigenvalue weighted by atomic mass is 10.0. The molecule has 6 nitrogen and oxygen atoms in total. The van der Waals surface area contributed by atoms with Crippen LogP contribution in [0.4, 0.5) is 5.82 Å². The van der Waals surface area contributed by atoms with Crippen LogP contribution in [0.15, 0.2) is 12.5 Å². The number of nitrogens with zero attached hydrogens (tertiary/aromatic N) is 4. The summed E-state index contributed by atoms with van der Waals surface area (Å²) in [6.45, 7) is 11.0. The van der Waals surface area contributed by atoms with Gasteiger partial charge in [-0.2, -0.15) is 0 Å². The molecule has 1 aromatic rings. The minimum atomic E-state index is 0.525. The average Bonchev–Trinajstić information content (AvgIpc) is 2.97. The maximum Gasteiger partial charge on any atom is 0.134 e. The Balaban J connectivity index is 1.32. The molecule has 0 spiro atoms. The Morgan fingerprint density at radius 3 is 2.43 bits per heavy atom. The number of ether oxygens (including phenoxy) is 2. The minimum absolute atomic E-state index is 0.525. The van der Waals surface area contributed by atoms with Crippen molar-refractivity contribution in [2.24, 2.45) is 17.8 Å². The lowest BCUT2D eigenvalue weighted by Gasteiger charge is -2.25. The van der Waals surface area contributed by atoms with Crippen molar-refractivity contribution in [3.05, 3.63) is 18.1 Å². The minimum Gasteiger partial charge on any atom is -0.379 e. The molecule has 3 saturated heterocycles. The molecule has 3 fully saturated rings. The van der Waals surface area contributed by atoms with Gasteiger partial charge in [0.15, 0.2) is 0 Å². The third kappa shape index (κ3) is 3.34. The summed E-state index contributed by atoms with van der Waals surface area (Å²) < 4.78 is 11.3. The van der Waals surface area contributed by atoms with E-state index in [1.807, 2.05) is 6.20 Å². The molecule has 0 N–H and O–H groups in total. The van der Waals surface area contributed by atoms with Crippen LogP contribution in [0, 0.1) is 24.7 Å². The van der Waals surface area contributed by atoms with E-state index in [4.69, 9.17) is 9.47 Å². The Bertz CT molecular complexity index is 519. The van der Waals surface area contributed by atoms with Gasteiger partial charge in [-0.05, 0) is 18.8 Å². The predicted molar refractivity (Wildman–Crippen MR) is 87.5 cm³/mol. The van der Waals surface area contributed by atoms with Gasteiger partial charge in [-0.3, -0.25) is 0 Å². The summed E-state index contributed by atoms with van der Waals surface area (Å²) in [5.41, 5.74) is 1.18. The first kappa shape index (κ1) is 15.3. The van der Waals surface area contributed by atoms with E-state index in [0.29, 0.717) is 5.92 Å². The number of aryl methyl sites for hydroxylation is 1. The molecule has 126 valence electrons. The van der Waals surface area contributed by atoms with E-state index < -0.39 is 0 Å². The fraction of sp³-hybridized carbons (Fsp3) is 0.765. The topological polar surface area (TPSA) is 50.7 Å². The Morgan fingerprint density at radius 2 is 1.78 bits per heavy atom. The summed E-state index contributed by atoms with van der Waals surface area (Å²) in [6.07, 6.45) is 3.57. The summed E-state index contributed by atoms with van der Waals surface area (Å²) in [4.78, 5) is 13.6. The molecule has 2 atom stereocenters. The van der Waals surface area contributed by atoms with Gasteiger partial charge in [0.1, 0.15) is 12.1 Å². The Hall–Kier alpha value is -1.24. The Kier molecular flexibility index (Phi) is 4.46. The molecule has 3 aliphatic heterocycles. The third-order valence-corrected chi connectivity index (χ3v) is 5.32. The Labute approximate surface area is 137 Å². The van der Waals surface area contributed by atoms with E-state index in [0.717, 1.165) is 63.7 Å². The molecule has 2 unspecified atom stereocenters. The molecule has 6 heteroatoms. The summed E-state index contributed by atoms with van der Waals surface area (Å²) in [6, 6.07) is 0. The van der Waals surface area contributed by atoms with E-state index in [1.165, 1.54) is 18.7 Å². The smallest absolute Gasteiger partial charge is 0.134 e. The van der Waals surface area contributed by atoms with Crippen LogP contribution in [0.3, 0.4) is 0 Å². The molecule has 0 aromatic carbocycles. The zero-order valence-electron chi connectivity index (χ0n) is 13.9. The van der Waals surface area contributed by atoms with Crippen molar-refractivity contribution in [1.29, 1.82) is 0 Å². The van der Waals surface area contributed by atoms with Gasteiger partial charge in [-0.15, -0.1) is 0 Å². The standard InChI is InChI=1S/C17H26N4O2/c1-13-4-18-12-19-17(13)21-8-15-6-20(7-16(15)9-21)5-14-10-22-2-3-23-11-14/h4,12,14-16H,2-3,5-11H2,1H3. The normalized spacial score (nSPS) is 29.7. The molecule has 3 aliphatic rings. The quantitative estimate of drug-likeness (QED) is 0.822. The fourth-order valence-electron chi connectivity index (χ4n) is 4.27. The van der Waals surface area contributed by atoms with E-state index in [9.17, 15) is 0 Å². The molecule has 0 aliphatic carbocycles. The van der Waals surface area contributed by atoms with Gasteiger partial charge >= 0.3 is 0 Å². The fourth-order valence-corrected chi connectivity index (χ4v) is 4.27. The molecule has 0 amide bonds. The lowest BCUT2D eigenvalue weighted by molar-refractivity contribution is 0.103. The van der Waals surface area contributed by atoms with Crippen LogP contribution in [0.5, 0.6) is 0 Å². The number of aromatic nitrogens is 2. The maximum absolute atomic E-state index is 5.63. The summed E-state index contributed by atoms with van der Waals surface area (Å²) >= 11 is 0. The largest absolute Gasteiger partial charge is 0.379 e. The van der Waals surface area contributed by atoms with Crippen molar-refractivity contribution in [3.8, 4) is 0 Å². The maximum atomic E-state index is 5.63. The van der Waals surface area contributed by atoms with Crippen molar-refractivity contribution in [1.82, 2.24) is 14.9 Å². The summed E-state index contributed by atoms with van der Waals surface area (Å²) in [7, 11) is 0. The molecule has 4 heterocycles. The van der Waals surface area contributed by atoms with Gasteiger partial charge < -0.3 is 19.3 Å². The van der Waals surface area contributed by atoms with Gasteiger partial charge in [0, 0.05) is 50.4 Å². The van der Waals surface area contributed by atoms with Crippen LogP contribution < -0.4 is 4.90 Å². The van der Waals surface area contributed by atoms with Crippen LogP contribution in [0.1, 0.15) is 5.56 Å². The van der Waals surface area contributed by atoms with E-state index >= 15 is 0 Å². The summed E-state index contributed by atoms with van der Waals surface area (Å²) in [5, 5.41) is 0. The second-order valence-corrected chi connectivity index (χ2v) is 7.19. The van der Waals surface area contributed by atoms with Crippen molar-refractivity contribution in [2.75, 3.05) is 64.1 Å². The molecule has 0 saturated carbocycles. The highest BCUT2D eigenvalue weighted by Crippen LogP contribution is 2.34. The second-order valence-electron chi connectivity index (χ2n) is 7.19. The molecule has 0 bridgehead atoms. The molecular weight excluding hydrogens is 292 g/mol. The van der Waals surface area contributed by atoms with Gasteiger partial charge in [0.25, 0.3) is 0 Å². The lowest BCUT2D eigenvalue weighted by Crippen LogP contribution is -2.34.